The molecule has 0 aromatic heterocycles. The molecule has 0 fully saturated rings. The molecule has 0 radical (unpaired) electrons. The molecule has 0 aromatic rings. The van der Waals surface area contributed by atoms with Gasteiger partial charge in [0, 0.05) is 0 Å². The molecule has 0 amide bonds. The van der Waals surface area contributed by atoms with Gasteiger partial charge in [-0.3, -0.25) is 0 Å². The highest BCUT2D eigenvalue weighted by molar-refractivity contribution is 5.72. The van der Waals surface area contributed by atoms with E-state index in [9.17, 15) is 19.8 Å². The van der Waals surface area contributed by atoms with E-state index in [0.29, 0.717) is 0 Å². The first-order valence-electron chi connectivity index (χ1n) is 6.93. The van der Waals surface area contributed by atoms with Crippen LogP contribution in [0.3, 0.4) is 0 Å². The first-order chi connectivity index (χ1) is 10.2. The van der Waals surface area contributed by atoms with Crippen LogP contribution < -0.4 is 21.7 Å². The summed E-state index contributed by atoms with van der Waals surface area (Å²) in [6.45, 7) is 2.19. The van der Waals surface area contributed by atoms with E-state index in [1.165, 1.54) is 25.7 Å². The van der Waals surface area contributed by atoms with Gasteiger partial charge in [-0.05, 0) is 25.7 Å². The lowest BCUT2D eigenvalue weighted by Gasteiger charge is -2.27. The van der Waals surface area contributed by atoms with Gasteiger partial charge < -0.3 is 51.7 Å². The average molecular weight is 326 g/mol. The summed E-state index contributed by atoms with van der Waals surface area (Å²) in [4.78, 5) is 19.9. The largest absolute Gasteiger partial charge is 0.547 e. The van der Waals surface area contributed by atoms with Gasteiger partial charge in [0.05, 0.1) is 25.0 Å². The van der Waals surface area contributed by atoms with Crippen LogP contribution >= 0.6 is 0 Å². The fourth-order valence-corrected chi connectivity index (χ4v) is 1.36. The zero-order valence-corrected chi connectivity index (χ0v) is 12.4. The third-order valence-corrected chi connectivity index (χ3v) is 2.73. The minimum Gasteiger partial charge on any atom is -0.547 e. The van der Waals surface area contributed by atoms with Crippen molar-refractivity contribution in [2.45, 2.75) is 50.1 Å². The van der Waals surface area contributed by atoms with Gasteiger partial charge in [0.15, 0.2) is 0 Å². The summed E-state index contributed by atoms with van der Waals surface area (Å²) in [5.74, 6) is -4.22. The number of aliphatic hydroxyl groups excluding tert-OH is 4. The predicted octanol–water partition coefficient (Wildman–Crippen LogP) is -7.04. The molecule has 10 heteroatoms. The quantitative estimate of drug-likeness (QED) is 0.211. The molecule has 0 saturated heterocycles. The maximum Gasteiger partial charge on any atom is 0.122 e. The second-order valence-corrected chi connectivity index (χ2v) is 4.63. The van der Waals surface area contributed by atoms with Gasteiger partial charge in [0.25, 0.3) is 0 Å². The average Bonchev–Trinajstić information content (AvgIpc) is 2.49. The third-order valence-electron chi connectivity index (χ3n) is 2.73. The van der Waals surface area contributed by atoms with Crippen molar-refractivity contribution in [3.63, 3.8) is 0 Å². The summed E-state index contributed by atoms with van der Waals surface area (Å²) in [6, 6.07) is 0. The fraction of sp³-hybridized carbons (Fsp3) is 0.833. The summed E-state index contributed by atoms with van der Waals surface area (Å²) >= 11 is 0. The van der Waals surface area contributed by atoms with Gasteiger partial charge in [-0.15, -0.1) is 0 Å². The molecular formula is C12H26N2O8. The lowest BCUT2D eigenvalue weighted by Crippen LogP contribution is -2.55. The van der Waals surface area contributed by atoms with Gasteiger partial charge in [0.2, 0.25) is 0 Å². The minimum atomic E-state index is -2.50. The number of hydrogen-bond acceptors (Lipinski definition) is 8. The molecule has 0 heterocycles. The Morgan fingerprint density at radius 1 is 0.727 bits per heavy atom. The van der Waals surface area contributed by atoms with Crippen LogP contribution in [0.5, 0.6) is 0 Å². The molecule has 0 aliphatic carbocycles. The van der Waals surface area contributed by atoms with Crippen molar-refractivity contribution in [3.05, 3.63) is 0 Å². The number of carbonyl (C=O) groups is 2. The van der Waals surface area contributed by atoms with Crippen molar-refractivity contribution in [1.29, 1.82) is 0 Å². The van der Waals surface area contributed by atoms with E-state index in [0.717, 1.165) is 13.1 Å². The summed E-state index contributed by atoms with van der Waals surface area (Å²) in [5.41, 5.74) is 7.54. The smallest absolute Gasteiger partial charge is 0.122 e. The Hall–Kier alpha value is -1.30. The van der Waals surface area contributed by atoms with Crippen LogP contribution in [0.25, 0.3) is 0 Å². The number of aliphatic hydroxyl groups is 4. The van der Waals surface area contributed by atoms with Gasteiger partial charge in [-0.25, -0.2) is 0 Å². The summed E-state index contributed by atoms with van der Waals surface area (Å²) in [7, 11) is 0. The molecule has 0 saturated carbocycles. The molecule has 10 nitrogen and oxygen atoms in total. The van der Waals surface area contributed by atoms with Crippen LogP contribution in [-0.4, -0.2) is 69.9 Å². The van der Waals surface area contributed by atoms with Crippen molar-refractivity contribution in [3.8, 4) is 0 Å². The van der Waals surface area contributed by atoms with Gasteiger partial charge in [0.1, 0.15) is 24.4 Å². The Labute approximate surface area is 128 Å². The standard InChI is InChI=1S/C6H16N2.C6H10O8/c7-5-3-1-2-4-6-8;7-1(3(9)5(11)12)2(8)4(10)6(13)14/h1-8H2;1-4,7-10H,(H,11,12)(H,13,14)/t;1-,2-,3-,4+/m.0/s1. The number of carboxylic acid groups (broad SMARTS) is 2. The predicted molar refractivity (Wildman–Crippen MR) is 68.0 cm³/mol. The van der Waals surface area contributed by atoms with Crippen molar-refractivity contribution < 1.29 is 51.7 Å². The first-order valence-corrected chi connectivity index (χ1v) is 6.93. The molecule has 132 valence electrons. The molecule has 0 rings (SSSR count). The Balaban J connectivity index is 0. The first kappa shape index (κ1) is 23.0. The van der Waals surface area contributed by atoms with E-state index in [1.807, 2.05) is 0 Å². The van der Waals surface area contributed by atoms with Crippen molar-refractivity contribution in [2.75, 3.05) is 13.1 Å². The lowest BCUT2D eigenvalue weighted by atomic mass is 10.0. The van der Waals surface area contributed by atoms with Crippen molar-refractivity contribution in [2.24, 2.45) is 0 Å². The normalized spacial score (nSPS) is 15.9. The maximum atomic E-state index is 9.96. The van der Waals surface area contributed by atoms with Crippen LogP contribution in [0.2, 0.25) is 0 Å². The SMILES string of the molecule is O=C([O-])[C@@H](O)[C@@H](O)[C@H](O)[C@@H](O)C(=O)[O-].[NH3+]CCCCCC[NH3+]. The molecule has 0 aliphatic heterocycles. The molecular weight excluding hydrogens is 300 g/mol. The number of rotatable bonds is 10. The van der Waals surface area contributed by atoms with Crippen molar-refractivity contribution >= 4 is 11.9 Å². The number of unbranched alkanes of at least 4 members (excludes halogenated alkanes) is 3. The molecule has 0 aliphatic rings. The number of carbonyl (C=O) groups excluding carboxylic acids is 2. The Kier molecular flexibility index (Phi) is 14.0. The van der Waals surface area contributed by atoms with E-state index in [2.05, 4.69) is 11.5 Å². The van der Waals surface area contributed by atoms with E-state index >= 15 is 0 Å². The van der Waals surface area contributed by atoms with Gasteiger partial charge >= 0.3 is 0 Å². The van der Waals surface area contributed by atoms with Crippen LogP contribution in [-0.2, 0) is 9.59 Å². The van der Waals surface area contributed by atoms with E-state index < -0.39 is 36.4 Å². The second-order valence-electron chi connectivity index (χ2n) is 4.63. The maximum absolute atomic E-state index is 9.96. The molecule has 4 atom stereocenters. The van der Waals surface area contributed by atoms with E-state index in [4.69, 9.17) is 20.4 Å². The van der Waals surface area contributed by atoms with Crippen LogP contribution in [0.1, 0.15) is 25.7 Å². The Morgan fingerprint density at radius 3 is 1.18 bits per heavy atom. The number of aliphatic carboxylic acids is 2. The molecule has 22 heavy (non-hydrogen) atoms. The zero-order valence-electron chi connectivity index (χ0n) is 12.4. The van der Waals surface area contributed by atoms with Crippen molar-refractivity contribution in [1.82, 2.24) is 0 Å². The number of hydrogen-bond donors (Lipinski definition) is 6. The second kappa shape index (κ2) is 13.4. The van der Waals surface area contributed by atoms with Crippen LogP contribution in [0, 0.1) is 0 Å². The van der Waals surface area contributed by atoms with Gasteiger partial charge in [-0.1, -0.05) is 0 Å². The highest BCUT2D eigenvalue weighted by atomic mass is 16.4. The molecule has 10 N–H and O–H groups in total. The molecule has 0 spiro atoms. The number of carboxylic acids is 2. The van der Waals surface area contributed by atoms with E-state index in [-0.39, 0.29) is 0 Å². The monoisotopic (exact) mass is 326 g/mol. The topological polar surface area (TPSA) is 216 Å². The third kappa shape index (κ3) is 10.4. The summed E-state index contributed by atoms with van der Waals surface area (Å²) in [5, 5.41) is 54.7. The Morgan fingerprint density at radius 2 is 1.00 bits per heavy atom. The van der Waals surface area contributed by atoms with Crippen LogP contribution in [0.4, 0.5) is 0 Å². The van der Waals surface area contributed by atoms with Gasteiger partial charge in [-0.2, -0.15) is 0 Å². The minimum absolute atomic E-state index is 1.09. The van der Waals surface area contributed by atoms with Crippen LogP contribution in [0.15, 0.2) is 0 Å². The highest BCUT2D eigenvalue weighted by Crippen LogP contribution is 2.04. The molecule has 0 unspecified atom stereocenters. The number of quaternary nitrogens is 2. The lowest BCUT2D eigenvalue weighted by molar-refractivity contribution is -0.371. The Bertz CT molecular complexity index is 286. The highest BCUT2D eigenvalue weighted by Gasteiger charge is 2.31. The van der Waals surface area contributed by atoms with E-state index in [1.54, 1.807) is 0 Å². The fourth-order valence-electron chi connectivity index (χ4n) is 1.36. The summed E-state index contributed by atoms with van der Waals surface area (Å²) in [6.07, 6.45) is -4.49. The molecule has 0 bridgehead atoms. The zero-order chi connectivity index (χ0) is 17.7. The molecule has 0 aromatic carbocycles. The summed E-state index contributed by atoms with van der Waals surface area (Å²) < 4.78 is 0.